The zero-order valence-electron chi connectivity index (χ0n) is 15.0. The Morgan fingerprint density at radius 3 is 2.46 bits per heavy atom. The summed E-state index contributed by atoms with van der Waals surface area (Å²) in [5.41, 5.74) is 8.79. The first-order valence-corrected chi connectivity index (χ1v) is 8.80. The van der Waals surface area contributed by atoms with Crippen LogP contribution in [0, 0.1) is 11.8 Å². The maximum Gasteiger partial charge on any atom is 0.302 e. The summed E-state index contributed by atoms with van der Waals surface area (Å²) < 4.78 is 12.9. The van der Waals surface area contributed by atoms with Crippen molar-refractivity contribution in [3.05, 3.63) is 10.4 Å². The van der Waals surface area contributed by atoms with Gasteiger partial charge in [0.2, 0.25) is 11.8 Å². The average molecular weight is 387 g/mol. The van der Waals surface area contributed by atoms with Gasteiger partial charge in [0.25, 0.3) is 0 Å². The predicted molar refractivity (Wildman–Crippen MR) is 95.7 cm³/mol. The van der Waals surface area contributed by atoms with Crippen molar-refractivity contribution in [2.45, 2.75) is 58.4 Å². The van der Waals surface area contributed by atoms with E-state index in [1.165, 1.54) is 6.92 Å². The third-order valence-corrected chi connectivity index (χ3v) is 4.73. The molecule has 5 unspecified atom stereocenters. The quantitative estimate of drug-likeness (QED) is 0.190. The van der Waals surface area contributed by atoms with E-state index in [9.17, 15) is 14.4 Å². The molecule has 1 saturated heterocycles. The van der Waals surface area contributed by atoms with Gasteiger partial charge in [-0.15, -0.1) is 0 Å². The van der Waals surface area contributed by atoms with Gasteiger partial charge in [-0.3, -0.25) is 14.4 Å². The molecular formula is C15H25N5O5S. The molecule has 1 fully saturated rings. The first-order valence-electron chi connectivity index (χ1n) is 8.35. The molecule has 26 heavy (non-hydrogen) atoms. The number of esters is 1. The predicted octanol–water partition coefficient (Wildman–Crippen LogP) is 1.47. The number of nitrogens with zero attached hydrogens (tertiary/aromatic N) is 3. The second-order valence-electron chi connectivity index (χ2n) is 6.27. The average Bonchev–Trinajstić information content (AvgIpc) is 2.59. The highest BCUT2D eigenvalue weighted by Gasteiger charge is 2.42. The number of rotatable bonds is 8. The van der Waals surface area contributed by atoms with Gasteiger partial charge in [0.05, 0.1) is 12.1 Å². The molecule has 2 N–H and O–H groups in total. The second-order valence-corrected chi connectivity index (χ2v) is 6.50. The van der Waals surface area contributed by atoms with Gasteiger partial charge >= 0.3 is 5.97 Å². The lowest BCUT2D eigenvalue weighted by Gasteiger charge is -2.43. The van der Waals surface area contributed by atoms with Crippen molar-refractivity contribution >= 4 is 30.6 Å². The summed E-state index contributed by atoms with van der Waals surface area (Å²) in [6.07, 6.45) is -0.627. The molecule has 0 bridgehead atoms. The van der Waals surface area contributed by atoms with E-state index in [2.05, 4.69) is 32.9 Å². The fourth-order valence-corrected chi connectivity index (χ4v) is 2.89. The van der Waals surface area contributed by atoms with Gasteiger partial charge in [0.1, 0.15) is 6.61 Å². The molecule has 1 aliphatic heterocycles. The molecule has 1 aliphatic rings. The minimum Gasteiger partial charge on any atom is -0.463 e. The molecule has 10 nitrogen and oxygen atoms in total. The van der Waals surface area contributed by atoms with E-state index in [0.717, 1.165) is 0 Å². The molecule has 0 aromatic heterocycles. The monoisotopic (exact) mass is 387 g/mol. The summed E-state index contributed by atoms with van der Waals surface area (Å²) >= 11 is 3.65. The fourth-order valence-electron chi connectivity index (χ4n) is 2.78. The van der Waals surface area contributed by atoms with Crippen molar-refractivity contribution in [3.8, 4) is 0 Å². The Morgan fingerprint density at radius 1 is 1.23 bits per heavy atom. The van der Waals surface area contributed by atoms with Crippen LogP contribution < -0.4 is 10.0 Å². The van der Waals surface area contributed by atoms with Crippen LogP contribution in [0.3, 0.4) is 0 Å². The van der Waals surface area contributed by atoms with Crippen LogP contribution in [0.2, 0.25) is 0 Å². The summed E-state index contributed by atoms with van der Waals surface area (Å²) in [6.45, 7) is 5.19. The third-order valence-electron chi connectivity index (χ3n) is 4.48. The molecular weight excluding hydrogens is 362 g/mol. The third kappa shape index (κ3) is 6.74. The Morgan fingerprint density at radius 2 is 1.88 bits per heavy atom. The van der Waals surface area contributed by atoms with Crippen LogP contribution in [0.25, 0.3) is 10.4 Å². The second kappa shape index (κ2) is 10.9. The lowest BCUT2D eigenvalue weighted by atomic mass is 9.81. The topological polar surface area (TPSA) is 142 Å². The van der Waals surface area contributed by atoms with Crippen LogP contribution in [0.5, 0.6) is 0 Å². The molecule has 0 spiro atoms. The summed E-state index contributed by atoms with van der Waals surface area (Å²) in [5, 5.41) is 6.45. The minimum absolute atomic E-state index is 0.0419. The van der Waals surface area contributed by atoms with Gasteiger partial charge in [0.15, 0.2) is 6.23 Å². The van der Waals surface area contributed by atoms with Crippen LogP contribution >= 0.6 is 12.8 Å². The van der Waals surface area contributed by atoms with Gasteiger partial charge < -0.3 is 19.5 Å². The Hall–Kier alpha value is -1.97. The molecule has 1 heterocycles. The molecule has 1 rings (SSSR count). The van der Waals surface area contributed by atoms with E-state index in [4.69, 9.17) is 15.0 Å². The molecule has 5 atom stereocenters. The van der Waals surface area contributed by atoms with E-state index < -0.39 is 24.3 Å². The molecule has 0 radical (unpaired) electrons. The summed E-state index contributed by atoms with van der Waals surface area (Å²) in [4.78, 5) is 37.1. The number of azide groups is 1. The zero-order valence-corrected chi connectivity index (χ0v) is 15.9. The number of hydrogen-bond acceptors (Lipinski definition) is 7. The molecule has 0 aromatic carbocycles. The van der Waals surface area contributed by atoms with Gasteiger partial charge in [-0.1, -0.05) is 31.8 Å². The van der Waals surface area contributed by atoms with Gasteiger partial charge in [-0.2, -0.15) is 0 Å². The van der Waals surface area contributed by atoms with E-state index in [1.807, 2.05) is 13.8 Å². The Bertz CT molecular complexity index is 569. The Kier molecular flexibility index (Phi) is 9.25. The van der Waals surface area contributed by atoms with Crippen LogP contribution in [0.15, 0.2) is 5.11 Å². The molecule has 0 aromatic rings. The first-order chi connectivity index (χ1) is 12.3. The highest BCUT2D eigenvalue weighted by atomic mass is 32.1. The number of nitrogens with one attached hydrogen (secondary N) is 2. The van der Waals surface area contributed by atoms with Crippen molar-refractivity contribution in [1.82, 2.24) is 10.0 Å². The van der Waals surface area contributed by atoms with Crippen molar-refractivity contribution in [2.75, 3.05) is 6.61 Å². The Labute approximate surface area is 157 Å². The normalized spacial score (nSPS) is 27.8. The molecule has 11 heteroatoms. The number of hydrogen-bond donors (Lipinski definition) is 3. The number of carbonyl (C=O) groups excluding carboxylic acids is 3. The van der Waals surface area contributed by atoms with E-state index in [0.29, 0.717) is 6.42 Å². The van der Waals surface area contributed by atoms with Gasteiger partial charge in [-0.25, -0.2) is 0 Å². The molecule has 0 saturated carbocycles. The van der Waals surface area contributed by atoms with Crippen molar-refractivity contribution in [3.63, 3.8) is 0 Å². The van der Waals surface area contributed by atoms with E-state index in [-0.39, 0.29) is 43.1 Å². The lowest BCUT2D eigenvalue weighted by Crippen LogP contribution is -2.57. The van der Waals surface area contributed by atoms with E-state index in [1.54, 1.807) is 0 Å². The van der Waals surface area contributed by atoms with Crippen LogP contribution in [-0.4, -0.2) is 42.8 Å². The van der Waals surface area contributed by atoms with Crippen molar-refractivity contribution in [2.24, 2.45) is 17.0 Å². The number of carbonyl (C=O) groups is 3. The summed E-state index contributed by atoms with van der Waals surface area (Å²) in [6, 6.07) is -0.513. The highest BCUT2D eigenvalue weighted by molar-refractivity contribution is 7.78. The standard InChI is InChI=1S/C15H25N5O5S/c1-8-9(2)14(17-12(22)5-4-6-13(23)19-26)15(18-20-16)25-11(8)7-24-10(3)21/h8-9,11,14-15,26H,4-7H2,1-3H3,(H,17,22)(H,19,23). The van der Waals surface area contributed by atoms with Crippen molar-refractivity contribution in [1.29, 1.82) is 0 Å². The molecule has 0 aliphatic carbocycles. The van der Waals surface area contributed by atoms with Crippen LogP contribution in [-0.2, 0) is 23.9 Å². The number of ether oxygens (including phenoxy) is 2. The molecule has 146 valence electrons. The smallest absolute Gasteiger partial charge is 0.302 e. The fraction of sp³-hybridized carbons (Fsp3) is 0.800. The van der Waals surface area contributed by atoms with Crippen LogP contribution in [0.1, 0.15) is 40.0 Å². The number of amides is 2. The van der Waals surface area contributed by atoms with Crippen LogP contribution in [0.4, 0.5) is 0 Å². The molecule has 2 amide bonds. The Balaban J connectivity index is 2.70. The van der Waals surface area contributed by atoms with Crippen molar-refractivity contribution < 1.29 is 23.9 Å². The SMILES string of the molecule is CC(=O)OCC1OC(N=[N+]=[N-])C(NC(=O)CCCC(=O)NS)C(C)C1C. The van der Waals surface area contributed by atoms with Gasteiger partial charge in [-0.05, 0) is 23.8 Å². The maximum atomic E-state index is 12.2. The lowest BCUT2D eigenvalue weighted by molar-refractivity contribution is -0.163. The minimum atomic E-state index is -0.906. The summed E-state index contributed by atoms with van der Waals surface area (Å²) in [5.74, 6) is -1.07. The summed E-state index contributed by atoms with van der Waals surface area (Å²) in [7, 11) is 0. The largest absolute Gasteiger partial charge is 0.463 e. The highest BCUT2D eigenvalue weighted by Crippen LogP contribution is 2.32. The zero-order chi connectivity index (χ0) is 19.7. The maximum absolute atomic E-state index is 12.2. The van der Waals surface area contributed by atoms with Gasteiger partial charge in [0, 0.05) is 24.7 Å². The van der Waals surface area contributed by atoms with E-state index >= 15 is 0 Å². The first kappa shape index (κ1) is 22.1. The number of thiol groups is 1.